The van der Waals surface area contributed by atoms with Crippen molar-refractivity contribution in [3.8, 4) is 0 Å². The minimum atomic E-state index is -1.53. The first-order valence-corrected chi connectivity index (χ1v) is 4.33. The van der Waals surface area contributed by atoms with E-state index >= 15 is 0 Å². The molecule has 4 heteroatoms. The molecule has 0 fully saturated rings. The van der Waals surface area contributed by atoms with Gasteiger partial charge in [-0.25, -0.2) is 0 Å². The first-order chi connectivity index (χ1) is 3.77. The molecule has 2 N–H and O–H groups in total. The van der Waals surface area contributed by atoms with E-state index in [9.17, 15) is 0 Å². The molecule has 0 radical (unpaired) electrons. The topological polar surface area (TPSA) is 49.7 Å². The highest BCUT2D eigenvalue weighted by atomic mass is 28.2. The van der Waals surface area contributed by atoms with Crippen LogP contribution in [0.25, 0.3) is 0 Å². The number of aliphatic hydroxyl groups excluding tert-OH is 1. The molecule has 0 heterocycles. The van der Waals surface area contributed by atoms with Crippen LogP contribution in [-0.4, -0.2) is 26.5 Å². The fourth-order valence-electron chi connectivity index (χ4n) is 0.333. The lowest BCUT2D eigenvalue weighted by molar-refractivity contribution is -0.180. The molecule has 0 aliphatic heterocycles. The SMILES string of the molecule is CCC[SiH2]OC(O)O. The molecule has 0 amide bonds. The lowest BCUT2D eigenvalue weighted by Crippen LogP contribution is -2.12. The normalized spacial score (nSPS) is 12.0. The summed E-state index contributed by atoms with van der Waals surface area (Å²) in [5.41, 5.74) is 0. The van der Waals surface area contributed by atoms with Gasteiger partial charge in [0.15, 0.2) is 9.76 Å². The largest absolute Gasteiger partial charge is 0.379 e. The van der Waals surface area contributed by atoms with Crippen molar-refractivity contribution in [2.45, 2.75) is 25.9 Å². The highest BCUT2D eigenvalue weighted by Crippen LogP contribution is 1.87. The van der Waals surface area contributed by atoms with E-state index in [1.165, 1.54) is 0 Å². The van der Waals surface area contributed by atoms with Crippen molar-refractivity contribution in [2.75, 3.05) is 0 Å². The van der Waals surface area contributed by atoms with Crippen LogP contribution in [0.5, 0.6) is 0 Å². The Morgan fingerprint density at radius 1 is 1.62 bits per heavy atom. The lowest BCUT2D eigenvalue weighted by atomic mass is 10.6. The molecule has 0 rings (SSSR count). The minimum absolute atomic E-state index is 0.636. The maximum atomic E-state index is 8.15. The van der Waals surface area contributed by atoms with E-state index in [4.69, 9.17) is 10.2 Å². The Hall–Kier alpha value is 0.0969. The predicted octanol–water partition coefficient (Wildman–Crippen LogP) is -0.817. The molecule has 0 unspecified atom stereocenters. The third-order valence-electron chi connectivity index (χ3n) is 0.765. The van der Waals surface area contributed by atoms with E-state index in [-0.39, 0.29) is 0 Å². The molecule has 0 saturated carbocycles. The molecule has 0 aliphatic carbocycles. The molecule has 0 spiro atoms. The molecule has 8 heavy (non-hydrogen) atoms. The second kappa shape index (κ2) is 5.24. The van der Waals surface area contributed by atoms with Gasteiger partial charge in [-0.1, -0.05) is 13.3 Å². The number of hydrogen-bond donors (Lipinski definition) is 2. The van der Waals surface area contributed by atoms with Crippen molar-refractivity contribution >= 4 is 9.76 Å². The summed E-state index contributed by atoms with van der Waals surface area (Å²) < 4.78 is 4.53. The molecule has 3 nitrogen and oxygen atoms in total. The van der Waals surface area contributed by atoms with Crippen LogP contribution in [0, 0.1) is 0 Å². The molecule has 0 bridgehead atoms. The molecular weight excluding hydrogens is 124 g/mol. The van der Waals surface area contributed by atoms with E-state index in [1.54, 1.807) is 0 Å². The second-order valence-corrected chi connectivity index (χ2v) is 3.00. The maximum Gasteiger partial charge on any atom is 0.256 e. The van der Waals surface area contributed by atoms with Crippen LogP contribution in [0.1, 0.15) is 13.3 Å². The van der Waals surface area contributed by atoms with Gasteiger partial charge in [0.05, 0.1) is 0 Å². The van der Waals surface area contributed by atoms with Gasteiger partial charge >= 0.3 is 0 Å². The Morgan fingerprint density at radius 3 is 2.62 bits per heavy atom. The second-order valence-electron chi connectivity index (χ2n) is 1.55. The molecule has 0 aromatic carbocycles. The summed E-state index contributed by atoms with van der Waals surface area (Å²) in [6.45, 7) is 0.508. The van der Waals surface area contributed by atoms with Gasteiger partial charge < -0.3 is 14.6 Å². The number of aliphatic hydroxyl groups is 2. The molecule has 0 atom stereocenters. The monoisotopic (exact) mass is 136 g/mol. The van der Waals surface area contributed by atoms with E-state index in [2.05, 4.69) is 4.43 Å². The zero-order valence-corrected chi connectivity index (χ0v) is 6.42. The van der Waals surface area contributed by atoms with E-state index < -0.39 is 16.2 Å². The Bertz CT molecular complexity index is 48.5. The fourth-order valence-corrected chi connectivity index (χ4v) is 0.999. The van der Waals surface area contributed by atoms with Crippen molar-refractivity contribution in [3.63, 3.8) is 0 Å². The molecule has 0 aromatic heterocycles. The van der Waals surface area contributed by atoms with Crippen LogP contribution in [0.4, 0.5) is 0 Å². The van der Waals surface area contributed by atoms with Crippen molar-refractivity contribution in [2.24, 2.45) is 0 Å². The smallest absolute Gasteiger partial charge is 0.256 e. The molecule has 0 aromatic rings. The Kier molecular flexibility index (Phi) is 5.30. The van der Waals surface area contributed by atoms with Crippen LogP contribution >= 0.6 is 0 Å². The van der Waals surface area contributed by atoms with Gasteiger partial charge in [0, 0.05) is 0 Å². The van der Waals surface area contributed by atoms with Gasteiger partial charge in [0.2, 0.25) is 0 Å². The number of hydrogen-bond acceptors (Lipinski definition) is 3. The highest BCUT2D eigenvalue weighted by molar-refractivity contribution is 6.26. The minimum Gasteiger partial charge on any atom is -0.379 e. The zero-order valence-electron chi connectivity index (χ0n) is 5.00. The summed E-state index contributed by atoms with van der Waals surface area (Å²) >= 11 is 0. The number of rotatable bonds is 4. The highest BCUT2D eigenvalue weighted by Gasteiger charge is 1.93. The fraction of sp³-hybridized carbons (Fsp3) is 1.00. The van der Waals surface area contributed by atoms with Crippen LogP contribution in [0.3, 0.4) is 0 Å². The third-order valence-corrected chi connectivity index (χ3v) is 2.29. The Morgan fingerprint density at radius 2 is 2.25 bits per heavy atom. The molecular formula is C4H12O3Si. The average molecular weight is 136 g/mol. The van der Waals surface area contributed by atoms with Crippen LogP contribution in [-0.2, 0) is 4.43 Å². The van der Waals surface area contributed by atoms with Crippen LogP contribution in [0.15, 0.2) is 0 Å². The Balaban J connectivity index is 2.72. The standard InChI is InChI=1S/C4H12O3Si/c1-2-3-8-7-4(5)6/h4-6H,2-3,8H2,1H3. The summed E-state index contributed by atoms with van der Waals surface area (Å²) in [4.78, 5) is 0. The summed E-state index contributed by atoms with van der Waals surface area (Å²) in [7, 11) is -0.636. The molecule has 0 saturated heterocycles. The van der Waals surface area contributed by atoms with E-state index in [0.29, 0.717) is 0 Å². The van der Waals surface area contributed by atoms with E-state index in [0.717, 1.165) is 12.5 Å². The zero-order chi connectivity index (χ0) is 6.41. The van der Waals surface area contributed by atoms with Crippen molar-refractivity contribution in [1.82, 2.24) is 0 Å². The quantitative estimate of drug-likeness (QED) is 0.302. The van der Waals surface area contributed by atoms with Gasteiger partial charge in [0.1, 0.15) is 0 Å². The van der Waals surface area contributed by atoms with E-state index in [1.807, 2.05) is 6.92 Å². The van der Waals surface area contributed by atoms with Crippen LogP contribution < -0.4 is 0 Å². The van der Waals surface area contributed by atoms with Gasteiger partial charge in [-0.15, -0.1) is 0 Å². The van der Waals surface area contributed by atoms with Crippen LogP contribution in [0.2, 0.25) is 6.04 Å². The summed E-state index contributed by atoms with van der Waals surface area (Å²) in [6.07, 6.45) is 1.07. The Labute approximate surface area is 51.2 Å². The molecule has 50 valence electrons. The first kappa shape index (κ1) is 8.10. The van der Waals surface area contributed by atoms with Crippen molar-refractivity contribution in [1.29, 1.82) is 0 Å². The third kappa shape index (κ3) is 6.10. The van der Waals surface area contributed by atoms with Gasteiger partial charge in [-0.05, 0) is 6.04 Å². The average Bonchev–Trinajstić information content (AvgIpc) is 1.66. The van der Waals surface area contributed by atoms with Gasteiger partial charge in [-0.3, -0.25) is 0 Å². The molecule has 0 aliphatic rings. The van der Waals surface area contributed by atoms with Crippen molar-refractivity contribution in [3.05, 3.63) is 0 Å². The summed E-state index contributed by atoms with van der Waals surface area (Å²) in [5.74, 6) is 0. The maximum absolute atomic E-state index is 8.15. The summed E-state index contributed by atoms with van der Waals surface area (Å²) in [6, 6.07) is 1.01. The van der Waals surface area contributed by atoms with Gasteiger partial charge in [0.25, 0.3) is 6.48 Å². The first-order valence-electron chi connectivity index (χ1n) is 2.75. The lowest BCUT2D eigenvalue weighted by Gasteiger charge is -2.02. The van der Waals surface area contributed by atoms with Gasteiger partial charge in [-0.2, -0.15) is 0 Å². The predicted molar refractivity (Wildman–Crippen MR) is 33.0 cm³/mol. The van der Waals surface area contributed by atoms with Crippen molar-refractivity contribution < 1.29 is 14.6 Å². The summed E-state index contributed by atoms with van der Waals surface area (Å²) in [5, 5.41) is 16.3.